The lowest BCUT2D eigenvalue weighted by molar-refractivity contribution is 0.628. The summed E-state index contributed by atoms with van der Waals surface area (Å²) in [5.41, 5.74) is 3.01. The summed E-state index contributed by atoms with van der Waals surface area (Å²) in [5, 5.41) is 2.53. The lowest BCUT2D eigenvalue weighted by Gasteiger charge is -2.20. The van der Waals surface area contributed by atoms with Crippen LogP contribution in [0.15, 0.2) is 60.7 Å². The third-order valence-electron chi connectivity index (χ3n) is 4.54. The van der Waals surface area contributed by atoms with Crippen molar-refractivity contribution in [3.05, 3.63) is 72.0 Å². The Labute approximate surface area is 145 Å². The maximum absolute atomic E-state index is 14.2. The smallest absolute Gasteiger partial charge is 0.146 e. The molecule has 120 valence electrons. The molecule has 0 N–H and O–H groups in total. The summed E-state index contributed by atoms with van der Waals surface area (Å²) in [6.45, 7) is 2.19. The largest absolute Gasteiger partial charge is 0.341 e. The Kier molecular flexibility index (Phi) is 3.73. The molecule has 0 bridgehead atoms. The molecular formula is C21H18FNS. The zero-order valence-corrected chi connectivity index (χ0v) is 14.5. The number of anilines is 2. The lowest BCUT2D eigenvalue weighted by Crippen LogP contribution is -2.11. The molecule has 0 radical (unpaired) electrons. The van der Waals surface area contributed by atoms with E-state index in [-0.39, 0.29) is 5.82 Å². The normalized spacial score (nSPS) is 11.3. The summed E-state index contributed by atoms with van der Waals surface area (Å²) in [4.78, 5) is 1.94. The average molecular weight is 335 g/mol. The molecule has 1 aromatic heterocycles. The summed E-state index contributed by atoms with van der Waals surface area (Å²) in [7, 11) is 1.93. The van der Waals surface area contributed by atoms with Gasteiger partial charge in [-0.3, -0.25) is 0 Å². The quantitative estimate of drug-likeness (QED) is 0.412. The zero-order chi connectivity index (χ0) is 16.7. The predicted octanol–water partition coefficient (Wildman–Crippen LogP) is 6.52. The second-order valence-corrected chi connectivity index (χ2v) is 6.93. The van der Waals surface area contributed by atoms with Crippen molar-refractivity contribution in [1.82, 2.24) is 0 Å². The van der Waals surface area contributed by atoms with Crippen molar-refractivity contribution >= 4 is 42.9 Å². The fraction of sp³-hybridized carbons (Fsp3) is 0.143. The molecule has 4 rings (SSSR count). The fourth-order valence-electron chi connectivity index (χ4n) is 3.26. The van der Waals surface area contributed by atoms with E-state index in [1.54, 1.807) is 17.4 Å². The Morgan fingerprint density at radius 2 is 1.50 bits per heavy atom. The van der Waals surface area contributed by atoms with Crippen LogP contribution in [0.5, 0.6) is 0 Å². The molecule has 0 amide bonds. The summed E-state index contributed by atoms with van der Waals surface area (Å²) in [6.07, 6.45) is 1.02. The summed E-state index contributed by atoms with van der Waals surface area (Å²) >= 11 is 1.80. The Morgan fingerprint density at radius 1 is 0.833 bits per heavy atom. The van der Waals surface area contributed by atoms with Gasteiger partial charge in [0, 0.05) is 22.5 Å². The number of hydrogen-bond acceptors (Lipinski definition) is 2. The van der Waals surface area contributed by atoms with E-state index in [2.05, 4.69) is 43.3 Å². The molecule has 0 fully saturated rings. The number of thiophene rings is 1. The molecule has 3 aromatic carbocycles. The summed E-state index contributed by atoms with van der Waals surface area (Å²) in [5.74, 6) is -0.202. The lowest BCUT2D eigenvalue weighted by atomic mass is 10.1. The first kappa shape index (κ1) is 15.2. The van der Waals surface area contributed by atoms with E-state index in [1.807, 2.05) is 24.1 Å². The summed E-state index contributed by atoms with van der Waals surface area (Å²) < 4.78 is 16.8. The van der Waals surface area contributed by atoms with Crippen molar-refractivity contribution in [3.8, 4) is 0 Å². The van der Waals surface area contributed by atoms with Gasteiger partial charge in [-0.05, 0) is 30.2 Å². The van der Waals surface area contributed by atoms with E-state index >= 15 is 0 Å². The van der Waals surface area contributed by atoms with E-state index in [0.29, 0.717) is 5.69 Å². The number of rotatable bonds is 3. The molecule has 0 atom stereocenters. The maximum Gasteiger partial charge on any atom is 0.146 e. The second-order valence-electron chi connectivity index (χ2n) is 5.91. The Balaban J connectivity index is 1.98. The molecule has 1 nitrogen and oxygen atoms in total. The van der Waals surface area contributed by atoms with Gasteiger partial charge in [-0.15, -0.1) is 11.3 Å². The van der Waals surface area contributed by atoms with E-state index in [9.17, 15) is 4.39 Å². The average Bonchev–Trinajstić information content (AvgIpc) is 3.00. The minimum Gasteiger partial charge on any atom is -0.341 e. The Bertz CT molecular complexity index is 1030. The van der Waals surface area contributed by atoms with Crippen molar-refractivity contribution < 1.29 is 4.39 Å². The number of nitrogens with zero attached hydrogens (tertiary/aromatic N) is 1. The van der Waals surface area contributed by atoms with Gasteiger partial charge in [-0.2, -0.15) is 0 Å². The molecule has 0 saturated carbocycles. The standard InChI is InChI=1S/C21H18FNS/c1-3-14-8-6-9-15-16-10-7-13-19(21(16)24-20(14)15)23(2)18-12-5-4-11-17(18)22/h4-13H,3H2,1-2H3. The third-order valence-corrected chi connectivity index (χ3v) is 5.86. The van der Waals surface area contributed by atoms with Crippen molar-refractivity contribution in [2.75, 3.05) is 11.9 Å². The SMILES string of the molecule is CCc1cccc2c1sc1c(N(C)c3ccccc3F)cccc12. The van der Waals surface area contributed by atoms with Crippen LogP contribution in [0.25, 0.3) is 20.2 Å². The Hall–Kier alpha value is -2.39. The molecule has 1 heterocycles. The second kappa shape index (κ2) is 5.91. The van der Waals surface area contributed by atoms with Gasteiger partial charge < -0.3 is 4.90 Å². The topological polar surface area (TPSA) is 3.24 Å². The van der Waals surface area contributed by atoms with Gasteiger partial charge in [-0.25, -0.2) is 4.39 Å². The highest BCUT2D eigenvalue weighted by Crippen LogP contribution is 2.42. The van der Waals surface area contributed by atoms with E-state index in [1.165, 1.54) is 31.8 Å². The zero-order valence-electron chi connectivity index (χ0n) is 13.7. The van der Waals surface area contributed by atoms with Gasteiger partial charge in [0.1, 0.15) is 5.82 Å². The molecule has 0 spiro atoms. The third kappa shape index (κ3) is 2.28. The molecule has 0 saturated heterocycles. The van der Waals surface area contributed by atoms with Crippen molar-refractivity contribution in [2.45, 2.75) is 13.3 Å². The maximum atomic E-state index is 14.2. The predicted molar refractivity (Wildman–Crippen MR) is 103 cm³/mol. The van der Waals surface area contributed by atoms with Gasteiger partial charge in [0.05, 0.1) is 16.1 Å². The first-order chi connectivity index (χ1) is 11.7. The Morgan fingerprint density at radius 3 is 2.25 bits per heavy atom. The van der Waals surface area contributed by atoms with Crippen molar-refractivity contribution in [3.63, 3.8) is 0 Å². The monoisotopic (exact) mass is 335 g/mol. The van der Waals surface area contributed by atoms with Crippen LogP contribution in [0, 0.1) is 5.82 Å². The van der Waals surface area contributed by atoms with Crippen LogP contribution in [-0.2, 0) is 6.42 Å². The first-order valence-electron chi connectivity index (χ1n) is 8.12. The number of hydrogen-bond donors (Lipinski definition) is 0. The van der Waals surface area contributed by atoms with Crippen LogP contribution < -0.4 is 4.90 Å². The molecule has 3 heteroatoms. The van der Waals surface area contributed by atoms with E-state index < -0.39 is 0 Å². The van der Waals surface area contributed by atoms with Crippen LogP contribution >= 0.6 is 11.3 Å². The minimum absolute atomic E-state index is 0.202. The number of aryl methyl sites for hydroxylation is 1. The minimum atomic E-state index is -0.202. The fourth-order valence-corrected chi connectivity index (χ4v) is 4.69. The van der Waals surface area contributed by atoms with Gasteiger partial charge in [0.2, 0.25) is 0 Å². The molecule has 4 aromatic rings. The number of benzene rings is 3. The van der Waals surface area contributed by atoms with Crippen molar-refractivity contribution in [2.24, 2.45) is 0 Å². The highest BCUT2D eigenvalue weighted by molar-refractivity contribution is 7.26. The van der Waals surface area contributed by atoms with Gasteiger partial charge in [0.15, 0.2) is 0 Å². The van der Waals surface area contributed by atoms with Crippen LogP contribution in [0.2, 0.25) is 0 Å². The number of halogens is 1. The number of fused-ring (bicyclic) bond motifs is 3. The number of para-hydroxylation sites is 1. The van der Waals surface area contributed by atoms with Crippen LogP contribution in [0.3, 0.4) is 0 Å². The summed E-state index contributed by atoms with van der Waals surface area (Å²) in [6, 6.07) is 19.7. The van der Waals surface area contributed by atoms with E-state index in [0.717, 1.165) is 12.1 Å². The van der Waals surface area contributed by atoms with Crippen LogP contribution in [0.4, 0.5) is 15.8 Å². The van der Waals surface area contributed by atoms with Gasteiger partial charge in [-0.1, -0.05) is 49.4 Å². The van der Waals surface area contributed by atoms with Gasteiger partial charge in [0.25, 0.3) is 0 Å². The van der Waals surface area contributed by atoms with Crippen molar-refractivity contribution in [1.29, 1.82) is 0 Å². The highest BCUT2D eigenvalue weighted by atomic mass is 32.1. The van der Waals surface area contributed by atoms with Crippen LogP contribution in [-0.4, -0.2) is 7.05 Å². The molecule has 0 aliphatic rings. The molecule has 0 aliphatic carbocycles. The van der Waals surface area contributed by atoms with E-state index in [4.69, 9.17) is 0 Å². The van der Waals surface area contributed by atoms with Crippen LogP contribution in [0.1, 0.15) is 12.5 Å². The molecule has 0 aliphatic heterocycles. The molecule has 0 unspecified atom stereocenters. The molecular weight excluding hydrogens is 317 g/mol. The highest BCUT2D eigenvalue weighted by Gasteiger charge is 2.15. The van der Waals surface area contributed by atoms with Gasteiger partial charge >= 0.3 is 0 Å². The first-order valence-corrected chi connectivity index (χ1v) is 8.93. The molecule has 24 heavy (non-hydrogen) atoms.